The molecule has 0 saturated heterocycles. The Morgan fingerprint density at radius 1 is 1.07 bits per heavy atom. The van der Waals surface area contributed by atoms with Crippen molar-refractivity contribution >= 4 is 5.91 Å². The molecule has 5 heteroatoms. The summed E-state index contributed by atoms with van der Waals surface area (Å²) in [6.07, 6.45) is 0.311. The number of aryl methyl sites for hydroxylation is 1. The van der Waals surface area contributed by atoms with Gasteiger partial charge in [0.1, 0.15) is 5.75 Å². The Balaban J connectivity index is 1.77. The Labute approximate surface area is 160 Å². The fourth-order valence-electron chi connectivity index (χ4n) is 3.20. The van der Waals surface area contributed by atoms with E-state index in [1.807, 2.05) is 80.2 Å². The summed E-state index contributed by atoms with van der Waals surface area (Å²) in [6, 6.07) is 17.7. The minimum absolute atomic E-state index is 0.0470. The molecule has 0 bridgehead atoms. The highest BCUT2D eigenvalue weighted by molar-refractivity contribution is 5.79. The topological polar surface area (TPSA) is 47.4 Å². The van der Waals surface area contributed by atoms with E-state index in [0.717, 1.165) is 34.0 Å². The zero-order valence-corrected chi connectivity index (χ0v) is 16.3. The second kappa shape index (κ2) is 8.08. The SMILES string of the molecule is COc1ccccc1CC(=O)N(C)Cc1c(C)nn(-c2ccccc2)c1C. The van der Waals surface area contributed by atoms with Gasteiger partial charge in [-0.15, -0.1) is 0 Å². The lowest BCUT2D eigenvalue weighted by Gasteiger charge is -2.18. The van der Waals surface area contributed by atoms with Crippen molar-refractivity contribution in [3.63, 3.8) is 0 Å². The van der Waals surface area contributed by atoms with E-state index in [1.165, 1.54) is 0 Å². The van der Waals surface area contributed by atoms with Crippen molar-refractivity contribution in [2.24, 2.45) is 0 Å². The lowest BCUT2D eigenvalue weighted by Crippen LogP contribution is -2.28. The molecule has 0 radical (unpaired) electrons. The number of nitrogens with zero attached hydrogens (tertiary/aromatic N) is 3. The van der Waals surface area contributed by atoms with E-state index in [0.29, 0.717) is 13.0 Å². The lowest BCUT2D eigenvalue weighted by molar-refractivity contribution is -0.129. The summed E-state index contributed by atoms with van der Waals surface area (Å²) in [6.45, 7) is 4.56. The molecule has 1 aromatic heterocycles. The molecular formula is C22H25N3O2. The first-order valence-electron chi connectivity index (χ1n) is 8.97. The normalized spacial score (nSPS) is 10.7. The van der Waals surface area contributed by atoms with E-state index in [9.17, 15) is 4.79 Å². The highest BCUT2D eigenvalue weighted by Crippen LogP contribution is 2.21. The largest absolute Gasteiger partial charge is 0.496 e. The Morgan fingerprint density at radius 2 is 1.74 bits per heavy atom. The Bertz CT molecular complexity index is 932. The summed E-state index contributed by atoms with van der Waals surface area (Å²) in [7, 11) is 3.45. The minimum atomic E-state index is 0.0470. The van der Waals surface area contributed by atoms with Crippen molar-refractivity contribution in [3.8, 4) is 11.4 Å². The number of aromatic nitrogens is 2. The molecule has 0 atom stereocenters. The van der Waals surface area contributed by atoms with Gasteiger partial charge in [-0.2, -0.15) is 5.10 Å². The third-order valence-corrected chi connectivity index (χ3v) is 4.80. The molecule has 0 aliphatic carbocycles. The van der Waals surface area contributed by atoms with Gasteiger partial charge in [-0.25, -0.2) is 4.68 Å². The zero-order chi connectivity index (χ0) is 19.4. The van der Waals surface area contributed by atoms with Crippen LogP contribution in [0.15, 0.2) is 54.6 Å². The predicted octanol–water partition coefficient (Wildman–Crippen LogP) is 3.70. The van der Waals surface area contributed by atoms with Crippen LogP contribution in [0.5, 0.6) is 5.75 Å². The van der Waals surface area contributed by atoms with Gasteiger partial charge in [0.15, 0.2) is 0 Å². The summed E-state index contributed by atoms with van der Waals surface area (Å²) >= 11 is 0. The van der Waals surface area contributed by atoms with Crippen molar-refractivity contribution < 1.29 is 9.53 Å². The highest BCUT2D eigenvalue weighted by atomic mass is 16.5. The molecule has 5 nitrogen and oxygen atoms in total. The van der Waals surface area contributed by atoms with E-state index in [2.05, 4.69) is 5.10 Å². The molecule has 3 aromatic rings. The molecule has 1 heterocycles. The number of carbonyl (C=O) groups excluding carboxylic acids is 1. The molecular weight excluding hydrogens is 338 g/mol. The van der Waals surface area contributed by atoms with Crippen molar-refractivity contribution in [2.75, 3.05) is 14.2 Å². The van der Waals surface area contributed by atoms with Gasteiger partial charge in [0.05, 0.1) is 24.9 Å². The fraction of sp³-hybridized carbons (Fsp3) is 0.273. The second-order valence-corrected chi connectivity index (χ2v) is 6.64. The summed E-state index contributed by atoms with van der Waals surface area (Å²) in [5, 5.41) is 4.66. The van der Waals surface area contributed by atoms with Crippen LogP contribution in [0.3, 0.4) is 0 Å². The molecule has 0 unspecified atom stereocenters. The second-order valence-electron chi connectivity index (χ2n) is 6.64. The molecule has 3 rings (SSSR count). The minimum Gasteiger partial charge on any atom is -0.496 e. The van der Waals surface area contributed by atoms with Crippen LogP contribution in [0, 0.1) is 13.8 Å². The number of methoxy groups -OCH3 is 1. The van der Waals surface area contributed by atoms with Gasteiger partial charge in [0, 0.05) is 30.4 Å². The van der Waals surface area contributed by atoms with E-state index in [1.54, 1.807) is 12.0 Å². The zero-order valence-electron chi connectivity index (χ0n) is 16.3. The van der Waals surface area contributed by atoms with Crippen LogP contribution in [0.1, 0.15) is 22.5 Å². The van der Waals surface area contributed by atoms with Crippen molar-refractivity contribution in [2.45, 2.75) is 26.8 Å². The van der Waals surface area contributed by atoms with Gasteiger partial charge in [0.25, 0.3) is 0 Å². The van der Waals surface area contributed by atoms with Crippen LogP contribution in [0.4, 0.5) is 0 Å². The first-order valence-corrected chi connectivity index (χ1v) is 8.97. The van der Waals surface area contributed by atoms with Crippen molar-refractivity contribution in [1.82, 2.24) is 14.7 Å². The third-order valence-electron chi connectivity index (χ3n) is 4.80. The van der Waals surface area contributed by atoms with Crippen LogP contribution < -0.4 is 4.74 Å². The maximum absolute atomic E-state index is 12.7. The van der Waals surface area contributed by atoms with Crippen molar-refractivity contribution in [1.29, 1.82) is 0 Å². The lowest BCUT2D eigenvalue weighted by atomic mass is 10.1. The number of rotatable bonds is 6. The smallest absolute Gasteiger partial charge is 0.227 e. The molecule has 0 fully saturated rings. The molecule has 0 spiro atoms. The summed E-state index contributed by atoms with van der Waals surface area (Å²) in [5.74, 6) is 0.786. The third kappa shape index (κ3) is 4.03. The van der Waals surface area contributed by atoms with Gasteiger partial charge in [-0.1, -0.05) is 36.4 Å². The van der Waals surface area contributed by atoms with Crippen LogP contribution >= 0.6 is 0 Å². The van der Waals surface area contributed by atoms with Crippen LogP contribution in [0.2, 0.25) is 0 Å². The average Bonchev–Trinajstić information content (AvgIpc) is 2.97. The quantitative estimate of drug-likeness (QED) is 0.671. The molecule has 0 N–H and O–H groups in total. The summed E-state index contributed by atoms with van der Waals surface area (Å²) < 4.78 is 7.28. The number of ether oxygens (including phenoxy) is 1. The van der Waals surface area contributed by atoms with Crippen molar-refractivity contribution in [3.05, 3.63) is 77.1 Å². The Kier molecular flexibility index (Phi) is 5.60. The first kappa shape index (κ1) is 18.7. The first-order chi connectivity index (χ1) is 13.0. The van der Waals surface area contributed by atoms with Gasteiger partial charge < -0.3 is 9.64 Å². The monoisotopic (exact) mass is 363 g/mol. The molecule has 0 aliphatic rings. The number of benzene rings is 2. The van der Waals surface area contributed by atoms with E-state index >= 15 is 0 Å². The molecule has 140 valence electrons. The number of carbonyl (C=O) groups is 1. The molecule has 0 aliphatic heterocycles. The number of likely N-dealkylation sites (N-methyl/N-ethyl adjacent to an activating group) is 1. The maximum atomic E-state index is 12.7. The summed E-state index contributed by atoms with van der Waals surface area (Å²) in [4.78, 5) is 14.5. The predicted molar refractivity (Wildman–Crippen MR) is 106 cm³/mol. The fourth-order valence-corrected chi connectivity index (χ4v) is 3.20. The number of para-hydroxylation sites is 2. The van der Waals surface area contributed by atoms with E-state index in [4.69, 9.17) is 4.74 Å². The highest BCUT2D eigenvalue weighted by Gasteiger charge is 2.18. The summed E-state index contributed by atoms with van der Waals surface area (Å²) in [5.41, 5.74) is 4.98. The van der Waals surface area contributed by atoms with Gasteiger partial charge >= 0.3 is 0 Å². The van der Waals surface area contributed by atoms with Gasteiger partial charge in [-0.05, 0) is 32.0 Å². The van der Waals surface area contributed by atoms with Crippen LogP contribution in [-0.4, -0.2) is 34.7 Å². The van der Waals surface area contributed by atoms with Gasteiger partial charge in [0.2, 0.25) is 5.91 Å². The molecule has 27 heavy (non-hydrogen) atoms. The van der Waals surface area contributed by atoms with E-state index < -0.39 is 0 Å². The number of hydrogen-bond donors (Lipinski definition) is 0. The average molecular weight is 363 g/mol. The molecule has 0 saturated carbocycles. The standard InChI is InChI=1S/C22H25N3O2/c1-16-20(17(2)25(23-16)19-11-6-5-7-12-19)15-24(3)22(26)14-18-10-8-9-13-21(18)27-4/h5-13H,14-15H2,1-4H3. The molecule has 2 aromatic carbocycles. The Morgan fingerprint density at radius 3 is 2.44 bits per heavy atom. The maximum Gasteiger partial charge on any atom is 0.227 e. The van der Waals surface area contributed by atoms with E-state index in [-0.39, 0.29) is 5.91 Å². The van der Waals surface area contributed by atoms with Crippen LogP contribution in [-0.2, 0) is 17.8 Å². The number of amides is 1. The van der Waals surface area contributed by atoms with Gasteiger partial charge in [-0.3, -0.25) is 4.79 Å². The Hall–Kier alpha value is -3.08. The van der Waals surface area contributed by atoms with Crippen LogP contribution in [0.25, 0.3) is 5.69 Å². The number of hydrogen-bond acceptors (Lipinski definition) is 3. The molecule has 1 amide bonds.